The molecule has 1 aliphatic heterocycles. The summed E-state index contributed by atoms with van der Waals surface area (Å²) in [6.45, 7) is 1.60. The lowest BCUT2D eigenvalue weighted by molar-refractivity contribution is -0.757. The lowest BCUT2D eigenvalue weighted by Gasteiger charge is -2.32. The standard InChI is InChI=1S/C13H14N2O5/c1-10-14(7-8-20-15(17)18)13(16)12(9-19-10)11-5-3-2-4-6-11/h2-6,9-10H,7-8H2,1H3. The van der Waals surface area contributed by atoms with Crippen LogP contribution < -0.4 is 0 Å². The van der Waals surface area contributed by atoms with Crippen molar-refractivity contribution in [3.05, 3.63) is 52.3 Å². The van der Waals surface area contributed by atoms with Crippen molar-refractivity contribution in [2.45, 2.75) is 13.2 Å². The summed E-state index contributed by atoms with van der Waals surface area (Å²) >= 11 is 0. The molecule has 0 bridgehead atoms. The first-order valence-electron chi connectivity index (χ1n) is 6.09. The molecule has 1 aliphatic rings. The van der Waals surface area contributed by atoms with Crippen molar-refractivity contribution in [1.29, 1.82) is 0 Å². The zero-order valence-electron chi connectivity index (χ0n) is 10.9. The minimum atomic E-state index is -0.881. The Morgan fingerprint density at radius 1 is 1.40 bits per heavy atom. The van der Waals surface area contributed by atoms with Gasteiger partial charge < -0.3 is 14.5 Å². The summed E-state index contributed by atoms with van der Waals surface area (Å²) in [4.78, 5) is 28.1. The molecular formula is C13H14N2O5. The van der Waals surface area contributed by atoms with Gasteiger partial charge in [-0.15, -0.1) is 10.1 Å². The predicted octanol–water partition coefficient (Wildman–Crippen LogP) is 1.44. The van der Waals surface area contributed by atoms with Crippen molar-refractivity contribution in [2.75, 3.05) is 13.2 Å². The molecule has 1 atom stereocenters. The molecule has 0 aliphatic carbocycles. The highest BCUT2D eigenvalue weighted by molar-refractivity contribution is 6.19. The third-order valence-corrected chi connectivity index (χ3v) is 2.93. The van der Waals surface area contributed by atoms with Gasteiger partial charge in [0, 0.05) is 6.54 Å². The van der Waals surface area contributed by atoms with Crippen molar-refractivity contribution in [1.82, 2.24) is 4.90 Å². The second-order valence-corrected chi connectivity index (χ2v) is 4.19. The van der Waals surface area contributed by atoms with Gasteiger partial charge in [0.05, 0.1) is 11.8 Å². The van der Waals surface area contributed by atoms with Crippen LogP contribution in [0.3, 0.4) is 0 Å². The van der Waals surface area contributed by atoms with E-state index >= 15 is 0 Å². The Labute approximate surface area is 115 Å². The monoisotopic (exact) mass is 278 g/mol. The summed E-state index contributed by atoms with van der Waals surface area (Å²) in [6.07, 6.45) is 0.943. The molecular weight excluding hydrogens is 264 g/mol. The molecule has 0 radical (unpaired) electrons. The maximum atomic E-state index is 12.4. The van der Waals surface area contributed by atoms with Crippen LogP contribution in [0.5, 0.6) is 0 Å². The maximum Gasteiger partial charge on any atom is 0.294 e. The highest BCUT2D eigenvalue weighted by Crippen LogP contribution is 2.23. The third-order valence-electron chi connectivity index (χ3n) is 2.93. The first kappa shape index (κ1) is 13.9. The molecule has 0 spiro atoms. The van der Waals surface area contributed by atoms with Crippen LogP contribution in [0.2, 0.25) is 0 Å². The van der Waals surface area contributed by atoms with Crippen LogP contribution in [0.4, 0.5) is 0 Å². The molecule has 0 saturated heterocycles. The van der Waals surface area contributed by atoms with E-state index in [1.54, 1.807) is 19.1 Å². The fourth-order valence-electron chi connectivity index (χ4n) is 1.92. The van der Waals surface area contributed by atoms with E-state index in [4.69, 9.17) is 4.74 Å². The highest BCUT2D eigenvalue weighted by atomic mass is 16.9. The van der Waals surface area contributed by atoms with Gasteiger partial charge in [-0.1, -0.05) is 30.3 Å². The van der Waals surface area contributed by atoms with Crippen molar-refractivity contribution in [3.8, 4) is 0 Å². The van der Waals surface area contributed by atoms with Crippen LogP contribution in [-0.2, 0) is 14.4 Å². The average molecular weight is 278 g/mol. The number of carbonyl (C=O) groups excluding carboxylic acids is 1. The summed E-state index contributed by atoms with van der Waals surface area (Å²) < 4.78 is 5.40. The number of hydrogen-bond donors (Lipinski definition) is 0. The lowest BCUT2D eigenvalue weighted by Crippen LogP contribution is -2.44. The van der Waals surface area contributed by atoms with Crippen molar-refractivity contribution >= 4 is 11.5 Å². The Hall–Kier alpha value is -2.57. The molecule has 2 rings (SSSR count). The van der Waals surface area contributed by atoms with E-state index in [0.717, 1.165) is 5.56 Å². The second-order valence-electron chi connectivity index (χ2n) is 4.19. The summed E-state index contributed by atoms with van der Waals surface area (Å²) in [5.41, 5.74) is 1.16. The number of benzene rings is 1. The van der Waals surface area contributed by atoms with E-state index in [9.17, 15) is 14.9 Å². The van der Waals surface area contributed by atoms with Gasteiger partial charge in [-0.25, -0.2) is 0 Å². The topological polar surface area (TPSA) is 81.9 Å². The summed E-state index contributed by atoms with van der Waals surface area (Å²) in [7, 11) is 0. The van der Waals surface area contributed by atoms with Crippen molar-refractivity contribution < 1.29 is 19.5 Å². The van der Waals surface area contributed by atoms with E-state index in [1.165, 1.54) is 11.2 Å². The second kappa shape index (κ2) is 6.05. The Kier molecular flexibility index (Phi) is 4.19. The van der Waals surface area contributed by atoms with Gasteiger partial charge in [-0.05, 0) is 12.5 Å². The van der Waals surface area contributed by atoms with Gasteiger partial charge >= 0.3 is 0 Å². The molecule has 0 N–H and O–H groups in total. The van der Waals surface area contributed by atoms with Gasteiger partial charge in [0.1, 0.15) is 6.61 Å². The minimum absolute atomic E-state index is 0.0884. The van der Waals surface area contributed by atoms with Crippen LogP contribution in [0.25, 0.3) is 5.57 Å². The molecule has 1 aromatic rings. The minimum Gasteiger partial charge on any atom is -0.477 e. The lowest BCUT2D eigenvalue weighted by atomic mass is 10.1. The number of ether oxygens (including phenoxy) is 1. The fourth-order valence-corrected chi connectivity index (χ4v) is 1.92. The van der Waals surface area contributed by atoms with Gasteiger partial charge in [0.2, 0.25) is 0 Å². The Morgan fingerprint density at radius 3 is 2.75 bits per heavy atom. The van der Waals surface area contributed by atoms with E-state index in [2.05, 4.69) is 4.84 Å². The number of carbonyl (C=O) groups is 1. The summed E-state index contributed by atoms with van der Waals surface area (Å²) in [5, 5.41) is 9.25. The SMILES string of the molecule is CC1OC=C(c2ccccc2)C(=O)N1CCO[N+](=O)[O-]. The molecule has 1 unspecified atom stereocenters. The smallest absolute Gasteiger partial charge is 0.294 e. The molecule has 20 heavy (non-hydrogen) atoms. The molecule has 1 heterocycles. The molecule has 1 aromatic carbocycles. The number of nitrogens with zero attached hydrogens (tertiary/aromatic N) is 2. The van der Waals surface area contributed by atoms with Crippen LogP contribution >= 0.6 is 0 Å². The average Bonchev–Trinajstić information content (AvgIpc) is 2.43. The maximum absolute atomic E-state index is 12.4. The van der Waals surface area contributed by atoms with Gasteiger partial charge in [-0.3, -0.25) is 4.79 Å². The van der Waals surface area contributed by atoms with Crippen LogP contribution in [0.1, 0.15) is 12.5 Å². The normalized spacial score (nSPS) is 18.2. The Morgan fingerprint density at radius 2 is 2.10 bits per heavy atom. The third kappa shape index (κ3) is 3.05. The van der Waals surface area contributed by atoms with Crippen LogP contribution in [-0.4, -0.2) is 35.3 Å². The molecule has 0 saturated carbocycles. The zero-order chi connectivity index (χ0) is 14.5. The number of amides is 1. The summed E-state index contributed by atoms with van der Waals surface area (Å²) in [5.74, 6) is -0.234. The number of hydrogen-bond acceptors (Lipinski definition) is 5. The van der Waals surface area contributed by atoms with E-state index in [-0.39, 0.29) is 19.1 Å². The Bertz CT molecular complexity index is 529. The van der Waals surface area contributed by atoms with E-state index in [1.807, 2.05) is 18.2 Å². The van der Waals surface area contributed by atoms with Crippen molar-refractivity contribution in [3.63, 3.8) is 0 Å². The van der Waals surface area contributed by atoms with Gasteiger partial charge in [0.15, 0.2) is 6.23 Å². The van der Waals surface area contributed by atoms with E-state index < -0.39 is 11.3 Å². The molecule has 7 heteroatoms. The molecule has 0 fully saturated rings. The first-order valence-corrected chi connectivity index (χ1v) is 6.09. The quantitative estimate of drug-likeness (QED) is 0.601. The molecule has 106 valence electrons. The zero-order valence-corrected chi connectivity index (χ0v) is 10.9. The molecule has 0 aromatic heterocycles. The van der Waals surface area contributed by atoms with E-state index in [0.29, 0.717) is 5.57 Å². The fraction of sp³-hybridized carbons (Fsp3) is 0.308. The van der Waals surface area contributed by atoms with Crippen LogP contribution in [0, 0.1) is 10.1 Å². The van der Waals surface area contributed by atoms with Gasteiger partial charge in [0.25, 0.3) is 11.0 Å². The van der Waals surface area contributed by atoms with Crippen LogP contribution in [0.15, 0.2) is 36.6 Å². The highest BCUT2D eigenvalue weighted by Gasteiger charge is 2.29. The number of rotatable bonds is 5. The predicted molar refractivity (Wildman–Crippen MR) is 69.6 cm³/mol. The van der Waals surface area contributed by atoms with Gasteiger partial charge in [-0.2, -0.15) is 0 Å². The summed E-state index contributed by atoms with van der Waals surface area (Å²) in [6, 6.07) is 9.09. The van der Waals surface area contributed by atoms with Crippen molar-refractivity contribution in [2.24, 2.45) is 0 Å². The first-order chi connectivity index (χ1) is 9.59. The molecule has 7 nitrogen and oxygen atoms in total. The molecule has 1 amide bonds. The largest absolute Gasteiger partial charge is 0.477 e. The Balaban J connectivity index is 2.10.